The van der Waals surface area contributed by atoms with Crippen molar-refractivity contribution >= 4 is 34.0 Å². The van der Waals surface area contributed by atoms with Crippen molar-refractivity contribution in [2.24, 2.45) is 0 Å². The summed E-state index contributed by atoms with van der Waals surface area (Å²) in [5.41, 5.74) is 3.86. The molecule has 1 aliphatic heterocycles. The Labute approximate surface area is 220 Å². The average molecular weight is 520 g/mol. The summed E-state index contributed by atoms with van der Waals surface area (Å²) in [6, 6.07) is 16.5. The molecule has 0 saturated carbocycles. The van der Waals surface area contributed by atoms with E-state index in [1.807, 2.05) is 39.9 Å². The summed E-state index contributed by atoms with van der Waals surface area (Å²) in [7, 11) is 1.65. The molecule has 5 rings (SSSR count). The Bertz CT molecular complexity index is 1340. The number of ether oxygens (including phenoxy) is 2. The Kier molecular flexibility index (Phi) is 7.96. The van der Waals surface area contributed by atoms with Gasteiger partial charge in [0.2, 0.25) is 5.91 Å². The van der Waals surface area contributed by atoms with Crippen LogP contribution >= 0.6 is 11.3 Å². The number of fused-ring (bicyclic) bond motifs is 1. The fourth-order valence-corrected chi connectivity index (χ4v) is 5.23. The number of methoxy groups -OCH3 is 1. The molecule has 37 heavy (non-hydrogen) atoms. The van der Waals surface area contributed by atoms with E-state index < -0.39 is 0 Å². The molecular weight excluding hydrogens is 489 g/mol. The van der Waals surface area contributed by atoms with E-state index in [0.717, 1.165) is 52.3 Å². The van der Waals surface area contributed by atoms with E-state index in [-0.39, 0.29) is 11.7 Å². The lowest BCUT2D eigenvalue weighted by atomic mass is 10.1. The number of carbonyl (C=O) groups excluding carboxylic acids is 1. The zero-order chi connectivity index (χ0) is 25.6. The van der Waals surface area contributed by atoms with Crippen LogP contribution in [0.15, 0.2) is 65.4 Å². The van der Waals surface area contributed by atoms with Gasteiger partial charge in [-0.05, 0) is 64.7 Å². The number of carbonyl (C=O) groups is 1. The fourth-order valence-electron chi connectivity index (χ4n) is 4.57. The van der Waals surface area contributed by atoms with Gasteiger partial charge in [-0.3, -0.25) is 4.79 Å². The highest BCUT2D eigenvalue weighted by molar-refractivity contribution is 7.08. The zero-order valence-electron chi connectivity index (χ0n) is 20.9. The molecule has 8 heteroatoms. The molecule has 0 bridgehead atoms. The Morgan fingerprint density at radius 2 is 1.92 bits per heavy atom. The quantitative estimate of drug-likeness (QED) is 0.308. The molecule has 1 aliphatic rings. The van der Waals surface area contributed by atoms with Crippen LogP contribution in [0.2, 0.25) is 0 Å². The summed E-state index contributed by atoms with van der Waals surface area (Å²) in [5, 5.41) is 5.00. The van der Waals surface area contributed by atoms with Gasteiger partial charge < -0.3 is 19.3 Å². The van der Waals surface area contributed by atoms with Crippen LogP contribution in [0.1, 0.15) is 16.7 Å². The van der Waals surface area contributed by atoms with Crippen LogP contribution in [0.3, 0.4) is 0 Å². The summed E-state index contributed by atoms with van der Waals surface area (Å²) in [5.74, 6) is 1.43. The van der Waals surface area contributed by atoms with E-state index in [0.29, 0.717) is 39.1 Å². The molecule has 2 aromatic carbocycles. The molecule has 0 N–H and O–H groups in total. The Morgan fingerprint density at radius 3 is 2.65 bits per heavy atom. The molecule has 2 aromatic heterocycles. The van der Waals surface area contributed by atoms with Gasteiger partial charge in [0.05, 0.1) is 32.3 Å². The number of hydrogen-bond acceptors (Lipinski definition) is 6. The summed E-state index contributed by atoms with van der Waals surface area (Å²) in [6.07, 6.45) is 0.985. The van der Waals surface area contributed by atoms with Gasteiger partial charge in [0.1, 0.15) is 17.4 Å². The minimum absolute atomic E-state index is 0.0586. The molecule has 192 valence electrons. The molecule has 1 amide bonds. The third-order valence-electron chi connectivity index (χ3n) is 6.62. The Hall–Kier alpha value is -3.49. The predicted molar refractivity (Wildman–Crippen MR) is 145 cm³/mol. The first kappa shape index (κ1) is 25.2. The number of anilines is 1. The van der Waals surface area contributed by atoms with Gasteiger partial charge in [-0.25, -0.2) is 9.37 Å². The van der Waals surface area contributed by atoms with Gasteiger partial charge >= 0.3 is 0 Å². The second kappa shape index (κ2) is 11.7. The maximum absolute atomic E-state index is 13.5. The first-order chi connectivity index (χ1) is 18.1. The maximum atomic E-state index is 13.5. The van der Waals surface area contributed by atoms with Gasteiger partial charge in [0, 0.05) is 43.2 Å². The first-order valence-electron chi connectivity index (χ1n) is 12.4. The minimum atomic E-state index is -0.261. The molecule has 6 nitrogen and oxygen atoms in total. The lowest BCUT2D eigenvalue weighted by Crippen LogP contribution is -2.39. The van der Waals surface area contributed by atoms with E-state index in [2.05, 4.69) is 11.0 Å². The maximum Gasteiger partial charge on any atom is 0.227 e. The monoisotopic (exact) mass is 519 g/mol. The van der Waals surface area contributed by atoms with Gasteiger partial charge in [-0.1, -0.05) is 12.1 Å². The summed E-state index contributed by atoms with van der Waals surface area (Å²) in [4.78, 5) is 22.7. The van der Waals surface area contributed by atoms with Crippen molar-refractivity contribution in [2.75, 3.05) is 44.9 Å². The molecule has 0 aliphatic carbocycles. The molecule has 0 spiro atoms. The molecule has 1 saturated heterocycles. The van der Waals surface area contributed by atoms with Crippen LogP contribution in [0.5, 0.6) is 5.75 Å². The topological polar surface area (TPSA) is 54.9 Å². The summed E-state index contributed by atoms with van der Waals surface area (Å²) >= 11 is 1.59. The van der Waals surface area contributed by atoms with E-state index in [9.17, 15) is 9.18 Å². The molecule has 3 heterocycles. The van der Waals surface area contributed by atoms with Crippen molar-refractivity contribution < 1.29 is 18.7 Å². The van der Waals surface area contributed by atoms with Crippen LogP contribution in [-0.2, 0) is 28.9 Å². The Balaban J connectivity index is 1.47. The van der Waals surface area contributed by atoms with Crippen LogP contribution in [0.4, 0.5) is 10.2 Å². The zero-order valence-corrected chi connectivity index (χ0v) is 21.7. The summed E-state index contributed by atoms with van der Waals surface area (Å²) in [6.45, 7) is 3.73. The van der Waals surface area contributed by atoms with E-state index in [4.69, 9.17) is 14.5 Å². The van der Waals surface area contributed by atoms with Gasteiger partial charge in [0.15, 0.2) is 0 Å². The van der Waals surface area contributed by atoms with Crippen molar-refractivity contribution in [3.63, 3.8) is 0 Å². The van der Waals surface area contributed by atoms with Crippen LogP contribution in [-0.4, -0.2) is 55.7 Å². The number of thiophene rings is 1. The highest BCUT2D eigenvalue weighted by atomic mass is 32.1. The third kappa shape index (κ3) is 6.26. The minimum Gasteiger partial charge on any atom is -0.497 e. The number of hydrogen-bond donors (Lipinski definition) is 0. The van der Waals surface area contributed by atoms with E-state index in [1.165, 1.54) is 12.1 Å². The van der Waals surface area contributed by atoms with Crippen molar-refractivity contribution in [3.05, 3.63) is 87.9 Å². The number of nitrogens with zero attached hydrogens (tertiary/aromatic N) is 3. The largest absolute Gasteiger partial charge is 0.497 e. The highest BCUT2D eigenvalue weighted by Gasteiger charge is 2.22. The van der Waals surface area contributed by atoms with Crippen molar-refractivity contribution in [2.45, 2.75) is 19.4 Å². The van der Waals surface area contributed by atoms with E-state index >= 15 is 0 Å². The molecule has 0 radical (unpaired) electrons. The molecule has 4 aromatic rings. The standard InChI is InChI=1S/C29H30FN3O3S/c1-35-26-7-4-23-17-24(29(31-27(23)18-26)32-11-13-36-14-12-32)19-33(28(34)16-22-9-15-37-20-22)10-8-21-2-5-25(30)6-3-21/h2-7,9,15,17-18,20H,8,10-14,16,19H2,1H3. The van der Waals surface area contributed by atoms with Gasteiger partial charge in [0.25, 0.3) is 0 Å². The van der Waals surface area contributed by atoms with E-state index in [1.54, 1.807) is 30.6 Å². The van der Waals surface area contributed by atoms with Crippen molar-refractivity contribution in [1.82, 2.24) is 9.88 Å². The van der Waals surface area contributed by atoms with Gasteiger partial charge in [-0.15, -0.1) is 0 Å². The first-order valence-corrected chi connectivity index (χ1v) is 13.4. The molecule has 0 unspecified atom stereocenters. The number of benzene rings is 2. The normalized spacial score (nSPS) is 13.6. The number of amides is 1. The number of pyridine rings is 1. The number of rotatable bonds is 9. The lowest BCUT2D eigenvalue weighted by molar-refractivity contribution is -0.131. The fraction of sp³-hybridized carbons (Fsp3) is 0.310. The van der Waals surface area contributed by atoms with Crippen LogP contribution in [0, 0.1) is 5.82 Å². The second-order valence-corrected chi connectivity index (χ2v) is 9.91. The van der Waals surface area contributed by atoms with Crippen molar-refractivity contribution in [1.29, 1.82) is 0 Å². The second-order valence-electron chi connectivity index (χ2n) is 9.13. The lowest BCUT2D eigenvalue weighted by Gasteiger charge is -2.31. The average Bonchev–Trinajstić information content (AvgIpc) is 3.44. The Morgan fingerprint density at radius 1 is 1.11 bits per heavy atom. The van der Waals surface area contributed by atoms with Gasteiger partial charge in [-0.2, -0.15) is 11.3 Å². The summed E-state index contributed by atoms with van der Waals surface area (Å²) < 4.78 is 24.4. The van der Waals surface area contributed by atoms with Crippen molar-refractivity contribution in [3.8, 4) is 5.75 Å². The smallest absolute Gasteiger partial charge is 0.227 e. The predicted octanol–water partition coefficient (Wildman–Crippen LogP) is 5.09. The molecule has 0 atom stereocenters. The number of aromatic nitrogens is 1. The number of morpholine rings is 1. The van der Waals surface area contributed by atoms with Crippen LogP contribution < -0.4 is 9.64 Å². The number of halogens is 1. The van der Waals surface area contributed by atoms with Crippen LogP contribution in [0.25, 0.3) is 10.9 Å². The highest BCUT2D eigenvalue weighted by Crippen LogP contribution is 2.28. The SMILES string of the molecule is COc1ccc2cc(CN(CCc3ccc(F)cc3)C(=O)Cc3ccsc3)c(N3CCOCC3)nc2c1. The molecular formula is C29H30FN3O3S. The molecule has 1 fully saturated rings. The third-order valence-corrected chi connectivity index (χ3v) is 7.36.